The average molecular weight is 531 g/mol. The van der Waals surface area contributed by atoms with Gasteiger partial charge in [0.05, 0.1) is 28.0 Å². The zero-order chi connectivity index (χ0) is 26.2. The molecular weight excluding hydrogens is 508 g/mol. The van der Waals surface area contributed by atoms with Gasteiger partial charge in [0.1, 0.15) is 15.4 Å². The summed E-state index contributed by atoms with van der Waals surface area (Å²) in [6.07, 6.45) is 1.68. The molecule has 0 bridgehead atoms. The third-order valence-corrected chi connectivity index (χ3v) is 9.10. The molecule has 0 saturated heterocycles. The van der Waals surface area contributed by atoms with Gasteiger partial charge in [0.2, 0.25) is 9.84 Å². The fourth-order valence-electron chi connectivity index (χ4n) is 4.39. The molecule has 2 heterocycles. The van der Waals surface area contributed by atoms with E-state index in [0.717, 1.165) is 21.5 Å². The minimum absolute atomic E-state index is 0.000831. The highest BCUT2D eigenvalue weighted by Gasteiger charge is 2.42. The molecule has 1 atom stereocenters. The van der Waals surface area contributed by atoms with Gasteiger partial charge < -0.3 is 10.5 Å². The largest absolute Gasteiger partial charge is 0.466 e. The number of ether oxygens (including phenoxy) is 1. The summed E-state index contributed by atoms with van der Waals surface area (Å²) in [4.78, 5) is 26.6. The maximum Gasteiger partial charge on any atom is 0.337 e. The van der Waals surface area contributed by atoms with Gasteiger partial charge in [-0.1, -0.05) is 78.9 Å². The van der Waals surface area contributed by atoms with Gasteiger partial charge in [0.25, 0.3) is 5.56 Å². The molecule has 7 nitrogen and oxygen atoms in total. The highest BCUT2D eigenvalue weighted by molar-refractivity contribution is 7.95. The van der Waals surface area contributed by atoms with Crippen LogP contribution in [0.1, 0.15) is 17.0 Å². The summed E-state index contributed by atoms with van der Waals surface area (Å²) in [5, 5.41) is 0. The Morgan fingerprint density at radius 3 is 2.11 bits per heavy atom. The second kappa shape index (κ2) is 9.68. The lowest BCUT2D eigenvalue weighted by molar-refractivity contribution is -0.134. The van der Waals surface area contributed by atoms with Crippen molar-refractivity contribution in [2.75, 3.05) is 7.11 Å². The molecule has 5 rings (SSSR count). The van der Waals surface area contributed by atoms with Crippen molar-refractivity contribution in [3.63, 3.8) is 0 Å². The molecule has 0 saturated carbocycles. The predicted octanol–water partition coefficient (Wildman–Crippen LogP) is 2.42. The summed E-state index contributed by atoms with van der Waals surface area (Å²) in [5.41, 5.74) is 7.36. The normalized spacial score (nSPS) is 16.0. The zero-order valence-electron chi connectivity index (χ0n) is 19.7. The summed E-state index contributed by atoms with van der Waals surface area (Å²) in [7, 11) is -3.01. The van der Waals surface area contributed by atoms with Crippen LogP contribution in [-0.2, 0) is 19.4 Å². The molecule has 1 aliphatic rings. The number of nitrogens with zero attached hydrogens (tertiary/aromatic N) is 1. The smallest absolute Gasteiger partial charge is 0.337 e. The van der Waals surface area contributed by atoms with Crippen LogP contribution in [0.4, 0.5) is 0 Å². The number of allylic oxidation sites excluding steroid dienone is 1. The fourth-order valence-corrected chi connectivity index (χ4v) is 7.26. The van der Waals surface area contributed by atoms with Crippen molar-refractivity contribution in [3.8, 4) is 0 Å². The lowest BCUT2D eigenvalue weighted by Gasteiger charge is -2.27. The second-order valence-corrected chi connectivity index (χ2v) is 11.2. The SMILES string of the molecule is COC(=O)C1=c2sc(=Cc3ccccc3)c(=O)n2C(N)=C(S(=O)(=O)c2ccccc2)C1c1ccccc1. The molecule has 9 heteroatoms. The molecule has 186 valence electrons. The van der Waals surface area contributed by atoms with Gasteiger partial charge >= 0.3 is 5.97 Å². The first-order valence-electron chi connectivity index (χ1n) is 11.3. The highest BCUT2D eigenvalue weighted by Crippen LogP contribution is 2.41. The van der Waals surface area contributed by atoms with E-state index in [1.165, 1.54) is 19.2 Å². The Morgan fingerprint density at radius 1 is 0.946 bits per heavy atom. The number of sulfone groups is 1. The number of aromatic nitrogens is 1. The summed E-state index contributed by atoms with van der Waals surface area (Å²) >= 11 is 1.07. The van der Waals surface area contributed by atoms with Crippen LogP contribution in [0, 0.1) is 0 Å². The van der Waals surface area contributed by atoms with Crippen LogP contribution >= 0.6 is 11.3 Å². The third-order valence-electron chi connectivity index (χ3n) is 6.08. The maximum atomic E-state index is 14.0. The Bertz CT molecular complexity index is 1810. The number of carbonyl (C=O) groups is 1. The molecule has 0 radical (unpaired) electrons. The van der Waals surface area contributed by atoms with Crippen molar-refractivity contribution in [1.82, 2.24) is 4.57 Å². The molecule has 4 aromatic rings. The van der Waals surface area contributed by atoms with E-state index < -0.39 is 27.3 Å². The molecule has 0 aliphatic carbocycles. The lowest BCUT2D eigenvalue weighted by Crippen LogP contribution is -2.41. The van der Waals surface area contributed by atoms with Crippen LogP contribution in [0.3, 0.4) is 0 Å². The molecular formula is C28H22N2O5S2. The number of thiazole rings is 1. The Labute approximate surface area is 217 Å². The minimum Gasteiger partial charge on any atom is -0.466 e. The van der Waals surface area contributed by atoms with Crippen molar-refractivity contribution < 1.29 is 17.9 Å². The van der Waals surface area contributed by atoms with Gasteiger partial charge in [-0.2, -0.15) is 0 Å². The Hall–Kier alpha value is -4.21. The summed E-state index contributed by atoms with van der Waals surface area (Å²) in [6, 6.07) is 25.8. The standard InChI is InChI=1S/C28H22N2O5S2/c1-35-28(32)23-22(19-13-7-3-8-14-19)24(37(33,34)20-15-9-4-10-16-20)25(29)30-26(31)21(36-27(23)30)17-18-11-5-2-6-12-18/h2-17,22H,29H2,1H3. The molecule has 0 amide bonds. The topological polar surface area (TPSA) is 108 Å². The van der Waals surface area contributed by atoms with E-state index in [-0.39, 0.29) is 25.9 Å². The number of carbonyl (C=O) groups excluding carboxylic acids is 1. The zero-order valence-corrected chi connectivity index (χ0v) is 21.3. The van der Waals surface area contributed by atoms with Crippen LogP contribution in [0.25, 0.3) is 17.5 Å². The number of benzene rings is 3. The number of hydrogen-bond acceptors (Lipinski definition) is 7. The third kappa shape index (κ3) is 4.22. The molecule has 1 aliphatic heterocycles. The number of hydrogen-bond donors (Lipinski definition) is 1. The van der Waals surface area contributed by atoms with Crippen molar-refractivity contribution in [2.45, 2.75) is 10.8 Å². The Balaban J connectivity index is 1.93. The lowest BCUT2D eigenvalue weighted by atomic mass is 9.89. The predicted molar refractivity (Wildman–Crippen MR) is 143 cm³/mol. The van der Waals surface area contributed by atoms with Crippen LogP contribution in [0.15, 0.2) is 106 Å². The minimum atomic E-state index is -4.23. The van der Waals surface area contributed by atoms with Crippen LogP contribution in [-0.4, -0.2) is 26.1 Å². The molecule has 2 N–H and O–H groups in total. The second-order valence-electron chi connectivity index (χ2n) is 8.28. The Kier molecular flexibility index (Phi) is 6.41. The highest BCUT2D eigenvalue weighted by atomic mass is 32.2. The molecule has 1 aromatic heterocycles. The molecule has 1 unspecified atom stereocenters. The van der Waals surface area contributed by atoms with Gasteiger partial charge in [-0.05, 0) is 29.3 Å². The van der Waals surface area contributed by atoms with E-state index in [1.807, 2.05) is 30.3 Å². The number of esters is 1. The number of fused-ring (bicyclic) bond motifs is 1. The molecule has 37 heavy (non-hydrogen) atoms. The van der Waals surface area contributed by atoms with Gasteiger partial charge in [-0.15, -0.1) is 11.3 Å². The van der Waals surface area contributed by atoms with Crippen LogP contribution in [0.2, 0.25) is 0 Å². The van der Waals surface area contributed by atoms with Crippen molar-refractivity contribution in [2.24, 2.45) is 5.73 Å². The van der Waals surface area contributed by atoms with Crippen LogP contribution < -0.4 is 20.5 Å². The fraction of sp³-hybridized carbons (Fsp3) is 0.0714. The van der Waals surface area contributed by atoms with E-state index >= 15 is 0 Å². The van der Waals surface area contributed by atoms with Gasteiger partial charge in [-0.3, -0.25) is 9.36 Å². The van der Waals surface area contributed by atoms with E-state index in [4.69, 9.17) is 10.5 Å². The summed E-state index contributed by atoms with van der Waals surface area (Å²) < 4.78 is 34.8. The first-order valence-corrected chi connectivity index (χ1v) is 13.6. The van der Waals surface area contributed by atoms with Gasteiger partial charge in [0, 0.05) is 0 Å². The van der Waals surface area contributed by atoms with E-state index in [0.29, 0.717) is 10.1 Å². The number of nitrogens with two attached hydrogens (primary N) is 1. The van der Waals surface area contributed by atoms with E-state index in [2.05, 4.69) is 0 Å². The van der Waals surface area contributed by atoms with Gasteiger partial charge in [0.15, 0.2) is 0 Å². The van der Waals surface area contributed by atoms with E-state index in [1.54, 1.807) is 54.6 Å². The summed E-state index contributed by atoms with van der Waals surface area (Å²) in [6.45, 7) is 0. The number of methoxy groups -OCH3 is 1. The van der Waals surface area contributed by atoms with Crippen LogP contribution in [0.5, 0.6) is 0 Å². The Morgan fingerprint density at radius 2 is 1.51 bits per heavy atom. The monoisotopic (exact) mass is 530 g/mol. The number of rotatable bonds is 5. The first-order chi connectivity index (χ1) is 17.8. The van der Waals surface area contributed by atoms with Crippen molar-refractivity contribution in [1.29, 1.82) is 0 Å². The maximum absolute atomic E-state index is 14.0. The van der Waals surface area contributed by atoms with Crippen molar-refractivity contribution >= 4 is 44.6 Å². The molecule has 0 fully saturated rings. The molecule has 0 spiro atoms. The quantitative estimate of drug-likeness (QED) is 0.397. The van der Waals surface area contributed by atoms with E-state index in [9.17, 15) is 18.0 Å². The molecule has 3 aromatic carbocycles. The van der Waals surface area contributed by atoms with Gasteiger partial charge in [-0.25, -0.2) is 13.2 Å². The summed E-state index contributed by atoms with van der Waals surface area (Å²) in [5.74, 6) is -2.07. The average Bonchev–Trinajstić information content (AvgIpc) is 3.25. The first kappa shape index (κ1) is 24.5. The van der Waals surface area contributed by atoms with Crippen molar-refractivity contribution in [3.05, 3.63) is 127 Å².